The molecule has 4 rings (SSSR count). The first-order valence-electron chi connectivity index (χ1n) is 15.8. The molecule has 232 valence electrons. The number of rotatable bonds is 11. The molecule has 2 unspecified atom stereocenters. The molecule has 3 N–H and O–H groups in total. The Hall–Kier alpha value is -3.71. The molecule has 2 saturated heterocycles. The van der Waals surface area contributed by atoms with Gasteiger partial charge >= 0.3 is 0 Å². The molecule has 2 aromatic carbocycles. The van der Waals surface area contributed by atoms with Crippen LogP contribution in [0.5, 0.6) is 0 Å². The summed E-state index contributed by atoms with van der Waals surface area (Å²) >= 11 is 0. The lowest BCUT2D eigenvalue weighted by molar-refractivity contribution is -0.141. The molecule has 7 heteroatoms. The van der Waals surface area contributed by atoms with Crippen molar-refractivity contribution in [1.82, 2.24) is 20.9 Å². The smallest absolute Gasteiger partial charge is 0.245 e. The summed E-state index contributed by atoms with van der Waals surface area (Å²) in [5.74, 6) is 0.489. The van der Waals surface area contributed by atoms with E-state index in [0.717, 1.165) is 76.0 Å². The SMILES string of the molecule is C/C=C\C=C/c1ccc(CC(NC(=O)C2(C)CCNCC2)C(=O)N2CCCC(Cc3ccccc3)C2)cc1.CCNC=O. The Kier molecular flexibility index (Phi) is 14.2. The van der Waals surface area contributed by atoms with Gasteiger partial charge in [-0.15, -0.1) is 0 Å². The second-order valence-corrected chi connectivity index (χ2v) is 11.8. The topological polar surface area (TPSA) is 90.5 Å². The molecule has 2 aliphatic rings. The Morgan fingerprint density at radius 2 is 1.77 bits per heavy atom. The minimum Gasteiger partial charge on any atom is -0.359 e. The van der Waals surface area contributed by atoms with Crippen LogP contribution < -0.4 is 16.0 Å². The van der Waals surface area contributed by atoms with E-state index in [0.29, 0.717) is 18.7 Å². The van der Waals surface area contributed by atoms with Crippen molar-refractivity contribution < 1.29 is 14.4 Å². The number of likely N-dealkylation sites (tertiary alicyclic amines) is 1. The summed E-state index contributed by atoms with van der Waals surface area (Å²) in [5.41, 5.74) is 3.04. The molecule has 0 spiro atoms. The van der Waals surface area contributed by atoms with Gasteiger partial charge in [0.1, 0.15) is 6.04 Å². The molecule has 0 saturated carbocycles. The Labute approximate surface area is 258 Å². The Bertz CT molecular complexity index is 1190. The molecular weight excluding hydrogens is 536 g/mol. The first-order valence-corrected chi connectivity index (χ1v) is 15.8. The van der Waals surface area contributed by atoms with Gasteiger partial charge in [0.15, 0.2) is 0 Å². The molecule has 2 aliphatic heterocycles. The van der Waals surface area contributed by atoms with Crippen LogP contribution in [0.2, 0.25) is 0 Å². The summed E-state index contributed by atoms with van der Waals surface area (Å²) in [6.07, 6.45) is 13.9. The van der Waals surface area contributed by atoms with Gasteiger partial charge in [-0.1, -0.05) is 85.8 Å². The Morgan fingerprint density at radius 1 is 1.05 bits per heavy atom. The average Bonchev–Trinajstić information content (AvgIpc) is 3.03. The normalized spacial score (nSPS) is 18.9. The first kappa shape index (κ1) is 33.8. The molecule has 3 amide bonds. The molecule has 0 aromatic heterocycles. The molecule has 7 nitrogen and oxygen atoms in total. The Balaban J connectivity index is 0.000000934. The van der Waals surface area contributed by atoms with Crippen molar-refractivity contribution in [3.05, 3.63) is 89.5 Å². The predicted molar refractivity (Wildman–Crippen MR) is 175 cm³/mol. The van der Waals surface area contributed by atoms with Gasteiger partial charge in [0.25, 0.3) is 0 Å². The van der Waals surface area contributed by atoms with Gasteiger partial charge < -0.3 is 20.9 Å². The lowest BCUT2D eigenvalue weighted by atomic mass is 9.80. The van der Waals surface area contributed by atoms with Crippen LogP contribution in [0.3, 0.4) is 0 Å². The summed E-state index contributed by atoms with van der Waals surface area (Å²) < 4.78 is 0. The highest BCUT2D eigenvalue weighted by molar-refractivity contribution is 5.90. The van der Waals surface area contributed by atoms with E-state index in [1.54, 1.807) is 0 Å². The van der Waals surface area contributed by atoms with Gasteiger partial charge in [0.2, 0.25) is 18.2 Å². The minimum atomic E-state index is -0.561. The van der Waals surface area contributed by atoms with Crippen molar-refractivity contribution in [2.24, 2.45) is 11.3 Å². The zero-order valence-corrected chi connectivity index (χ0v) is 26.2. The van der Waals surface area contributed by atoms with E-state index < -0.39 is 11.5 Å². The molecule has 0 aliphatic carbocycles. The number of hydrogen-bond acceptors (Lipinski definition) is 4. The maximum Gasteiger partial charge on any atom is 0.245 e. The Morgan fingerprint density at radius 3 is 2.40 bits per heavy atom. The van der Waals surface area contributed by atoms with Crippen LogP contribution in [-0.4, -0.2) is 61.9 Å². The third-order valence-corrected chi connectivity index (χ3v) is 8.36. The number of nitrogens with one attached hydrogen (secondary N) is 3. The zero-order valence-electron chi connectivity index (χ0n) is 26.2. The fourth-order valence-electron chi connectivity index (χ4n) is 5.70. The quantitative estimate of drug-likeness (QED) is 0.257. The molecule has 2 atom stereocenters. The fraction of sp³-hybridized carbons (Fsp3) is 0.472. The van der Waals surface area contributed by atoms with Gasteiger partial charge in [-0.2, -0.15) is 0 Å². The summed E-state index contributed by atoms with van der Waals surface area (Å²) in [4.78, 5) is 38.7. The van der Waals surface area contributed by atoms with E-state index in [1.165, 1.54) is 5.56 Å². The van der Waals surface area contributed by atoms with Crippen molar-refractivity contribution >= 4 is 24.3 Å². The van der Waals surface area contributed by atoms with Crippen LogP contribution in [-0.2, 0) is 27.2 Å². The second-order valence-electron chi connectivity index (χ2n) is 11.8. The summed E-state index contributed by atoms with van der Waals surface area (Å²) in [6.45, 7) is 9.79. The van der Waals surface area contributed by atoms with E-state index in [2.05, 4.69) is 70.6 Å². The van der Waals surface area contributed by atoms with Gasteiger partial charge in [-0.25, -0.2) is 0 Å². The summed E-state index contributed by atoms with van der Waals surface area (Å²) in [7, 11) is 0. The second kappa shape index (κ2) is 18.1. The maximum atomic E-state index is 13.9. The number of carbonyl (C=O) groups excluding carboxylic acids is 3. The largest absolute Gasteiger partial charge is 0.359 e. The number of allylic oxidation sites excluding steroid dienone is 3. The van der Waals surface area contributed by atoms with Crippen molar-refractivity contribution in [2.75, 3.05) is 32.7 Å². The minimum absolute atomic E-state index is 0.00102. The molecule has 2 heterocycles. The standard InChI is InChI=1S/C33H43N3O2.C3H7NO/c1-3-4-6-10-26-14-16-28(17-15-26)24-30(35-32(38)33(2)18-20-34-21-19-33)31(37)36-22-9-13-29(25-36)23-27-11-7-5-8-12-27;1-2-4-3-5/h3-8,10-12,14-17,29-30,34H,9,13,18-25H2,1-2H3,(H,35,38);3H,2H2,1H3,(H,4,5)/b4-3-,10-6-;. The molecule has 2 aromatic rings. The maximum absolute atomic E-state index is 13.9. The van der Waals surface area contributed by atoms with E-state index in [4.69, 9.17) is 0 Å². The van der Waals surface area contributed by atoms with E-state index >= 15 is 0 Å². The van der Waals surface area contributed by atoms with Crippen LogP contribution >= 0.6 is 0 Å². The van der Waals surface area contributed by atoms with Crippen LogP contribution in [0.25, 0.3) is 6.08 Å². The number of piperidine rings is 2. The highest BCUT2D eigenvalue weighted by atomic mass is 16.2. The van der Waals surface area contributed by atoms with Crippen LogP contribution in [0.1, 0.15) is 63.1 Å². The van der Waals surface area contributed by atoms with E-state index in [1.807, 2.05) is 50.0 Å². The summed E-state index contributed by atoms with van der Waals surface area (Å²) in [6, 6.07) is 18.3. The van der Waals surface area contributed by atoms with Crippen molar-refractivity contribution in [2.45, 2.75) is 65.3 Å². The lowest BCUT2D eigenvalue weighted by Crippen LogP contribution is -2.56. The summed E-state index contributed by atoms with van der Waals surface area (Å²) in [5, 5.41) is 8.99. The first-order chi connectivity index (χ1) is 20.9. The number of benzene rings is 2. The highest BCUT2D eigenvalue weighted by Gasteiger charge is 2.38. The van der Waals surface area contributed by atoms with Crippen LogP contribution in [0, 0.1) is 11.3 Å². The van der Waals surface area contributed by atoms with Crippen molar-refractivity contribution in [1.29, 1.82) is 0 Å². The highest BCUT2D eigenvalue weighted by Crippen LogP contribution is 2.29. The average molecular weight is 587 g/mol. The molecular formula is C36H50N4O3. The van der Waals surface area contributed by atoms with Crippen LogP contribution in [0.4, 0.5) is 0 Å². The third kappa shape index (κ3) is 11.1. The number of nitrogens with zero attached hydrogens (tertiary/aromatic N) is 1. The van der Waals surface area contributed by atoms with Gasteiger partial charge in [-0.3, -0.25) is 14.4 Å². The molecule has 0 bridgehead atoms. The van der Waals surface area contributed by atoms with E-state index in [-0.39, 0.29) is 11.8 Å². The molecule has 2 fully saturated rings. The van der Waals surface area contributed by atoms with Gasteiger partial charge in [0, 0.05) is 31.5 Å². The number of carbonyl (C=O) groups is 3. The van der Waals surface area contributed by atoms with Gasteiger partial charge in [0.05, 0.1) is 0 Å². The van der Waals surface area contributed by atoms with Gasteiger partial charge in [-0.05, 0) is 81.6 Å². The number of amides is 3. The monoisotopic (exact) mass is 586 g/mol. The third-order valence-electron chi connectivity index (χ3n) is 8.36. The van der Waals surface area contributed by atoms with Crippen molar-refractivity contribution in [3.8, 4) is 0 Å². The molecule has 0 radical (unpaired) electrons. The van der Waals surface area contributed by atoms with Crippen molar-refractivity contribution in [3.63, 3.8) is 0 Å². The lowest BCUT2D eigenvalue weighted by Gasteiger charge is -2.37. The number of hydrogen-bond donors (Lipinski definition) is 3. The fourth-order valence-corrected chi connectivity index (χ4v) is 5.70. The predicted octanol–water partition coefficient (Wildman–Crippen LogP) is 4.93. The zero-order chi connectivity index (χ0) is 30.9. The van der Waals surface area contributed by atoms with Crippen LogP contribution in [0.15, 0.2) is 72.8 Å². The molecule has 43 heavy (non-hydrogen) atoms. The van der Waals surface area contributed by atoms with E-state index in [9.17, 15) is 14.4 Å².